The highest BCUT2D eigenvalue weighted by Crippen LogP contribution is 2.12. The Kier molecular flexibility index (Phi) is 7.88. The molecule has 0 aliphatic heterocycles. The summed E-state index contributed by atoms with van der Waals surface area (Å²) >= 11 is 0. The Morgan fingerprint density at radius 2 is 1.89 bits per heavy atom. The van der Waals surface area contributed by atoms with Gasteiger partial charge < -0.3 is 10.2 Å². The van der Waals surface area contributed by atoms with Crippen molar-refractivity contribution in [2.45, 2.75) is 26.2 Å². The quantitative estimate of drug-likeness (QED) is 0.693. The van der Waals surface area contributed by atoms with E-state index in [2.05, 4.69) is 30.1 Å². The first-order valence-corrected chi connectivity index (χ1v) is 7.19. The molecule has 1 N–H and O–H groups in total. The zero-order chi connectivity index (χ0) is 13.9. The zero-order valence-electron chi connectivity index (χ0n) is 12.1. The van der Waals surface area contributed by atoms with Crippen LogP contribution < -0.4 is 5.32 Å². The van der Waals surface area contributed by atoms with Gasteiger partial charge in [-0.15, -0.1) is 0 Å². The van der Waals surface area contributed by atoms with E-state index in [0.29, 0.717) is 0 Å². The van der Waals surface area contributed by atoms with Gasteiger partial charge in [-0.2, -0.15) is 5.26 Å². The van der Waals surface area contributed by atoms with E-state index in [1.807, 2.05) is 30.3 Å². The van der Waals surface area contributed by atoms with Crippen molar-refractivity contribution in [2.75, 3.05) is 32.7 Å². The largest absolute Gasteiger partial charge is 0.315 e. The van der Waals surface area contributed by atoms with Gasteiger partial charge in [0.2, 0.25) is 0 Å². The third-order valence-electron chi connectivity index (χ3n) is 3.43. The van der Waals surface area contributed by atoms with Crippen LogP contribution >= 0.6 is 0 Å². The minimum absolute atomic E-state index is 0.0466. The van der Waals surface area contributed by atoms with Crippen molar-refractivity contribution in [1.82, 2.24) is 10.2 Å². The van der Waals surface area contributed by atoms with E-state index in [9.17, 15) is 5.26 Å². The van der Waals surface area contributed by atoms with Crippen molar-refractivity contribution < 1.29 is 0 Å². The van der Waals surface area contributed by atoms with Gasteiger partial charge in [-0.3, -0.25) is 0 Å². The Labute approximate surface area is 117 Å². The molecule has 0 aliphatic carbocycles. The van der Waals surface area contributed by atoms with Gasteiger partial charge in [-0.1, -0.05) is 44.2 Å². The highest BCUT2D eigenvalue weighted by molar-refractivity contribution is 5.24. The van der Waals surface area contributed by atoms with Gasteiger partial charge in [0.05, 0.1) is 12.0 Å². The average Bonchev–Trinajstić information content (AvgIpc) is 2.48. The minimum Gasteiger partial charge on any atom is -0.315 e. The summed E-state index contributed by atoms with van der Waals surface area (Å²) in [4.78, 5) is 2.42. The highest BCUT2D eigenvalue weighted by Gasteiger charge is 2.08. The molecule has 0 fully saturated rings. The maximum Gasteiger partial charge on any atom is 0.0837 e. The zero-order valence-corrected chi connectivity index (χ0v) is 12.1. The monoisotopic (exact) mass is 259 g/mol. The molecule has 1 aromatic rings. The first-order valence-electron chi connectivity index (χ1n) is 7.19. The van der Waals surface area contributed by atoms with E-state index >= 15 is 0 Å². The molecule has 0 radical (unpaired) electrons. The fourth-order valence-corrected chi connectivity index (χ4v) is 2.14. The summed E-state index contributed by atoms with van der Waals surface area (Å²) in [6.45, 7) is 9.45. The van der Waals surface area contributed by atoms with Crippen molar-refractivity contribution >= 4 is 0 Å². The van der Waals surface area contributed by atoms with Crippen LogP contribution in [0.15, 0.2) is 30.3 Å². The molecule has 1 rings (SSSR count). The minimum atomic E-state index is -0.0466. The molecule has 0 amide bonds. The lowest BCUT2D eigenvalue weighted by Gasteiger charge is -2.18. The first kappa shape index (κ1) is 15.7. The molecule has 0 saturated heterocycles. The summed E-state index contributed by atoms with van der Waals surface area (Å²) in [6.07, 6.45) is 1.13. The predicted molar refractivity (Wildman–Crippen MR) is 80.1 cm³/mol. The van der Waals surface area contributed by atoms with E-state index in [-0.39, 0.29) is 5.92 Å². The summed E-state index contributed by atoms with van der Waals surface area (Å²) in [5, 5.41) is 12.6. The molecule has 1 unspecified atom stereocenters. The number of benzene rings is 1. The van der Waals surface area contributed by atoms with E-state index in [1.165, 1.54) is 0 Å². The van der Waals surface area contributed by atoms with Crippen LogP contribution in [0.1, 0.15) is 31.7 Å². The van der Waals surface area contributed by atoms with E-state index < -0.39 is 0 Å². The van der Waals surface area contributed by atoms with Gasteiger partial charge in [0, 0.05) is 6.54 Å². The average molecular weight is 259 g/mol. The first-order chi connectivity index (χ1) is 9.31. The Hall–Kier alpha value is -1.37. The summed E-state index contributed by atoms with van der Waals surface area (Å²) in [5.74, 6) is -0.0466. The van der Waals surface area contributed by atoms with Crippen molar-refractivity contribution in [3.63, 3.8) is 0 Å². The van der Waals surface area contributed by atoms with Crippen molar-refractivity contribution in [2.24, 2.45) is 0 Å². The number of rotatable bonds is 9. The molecule has 0 aliphatic rings. The second-order valence-electron chi connectivity index (χ2n) is 4.68. The Morgan fingerprint density at radius 1 is 1.21 bits per heavy atom. The SMILES string of the molecule is CCN(CC)CCCNCC(C#N)c1ccccc1. The van der Waals surface area contributed by atoms with Gasteiger partial charge in [0.25, 0.3) is 0 Å². The van der Waals surface area contributed by atoms with Gasteiger partial charge in [-0.05, 0) is 38.2 Å². The number of nitrogens with zero attached hydrogens (tertiary/aromatic N) is 2. The molecule has 0 bridgehead atoms. The third-order valence-corrected chi connectivity index (χ3v) is 3.43. The highest BCUT2D eigenvalue weighted by atomic mass is 15.1. The normalized spacial score (nSPS) is 12.3. The Bertz CT molecular complexity index is 365. The van der Waals surface area contributed by atoms with Crippen LogP contribution in [0.2, 0.25) is 0 Å². The smallest absolute Gasteiger partial charge is 0.0837 e. The molecule has 104 valence electrons. The lowest BCUT2D eigenvalue weighted by atomic mass is 10.0. The fourth-order valence-electron chi connectivity index (χ4n) is 2.14. The van der Waals surface area contributed by atoms with Crippen LogP contribution in [0.4, 0.5) is 0 Å². The van der Waals surface area contributed by atoms with Crippen molar-refractivity contribution in [3.05, 3.63) is 35.9 Å². The molecule has 0 aromatic heterocycles. The lowest BCUT2D eigenvalue weighted by molar-refractivity contribution is 0.298. The Balaban J connectivity index is 2.23. The molecule has 3 nitrogen and oxygen atoms in total. The van der Waals surface area contributed by atoms with Gasteiger partial charge in [0.15, 0.2) is 0 Å². The number of hydrogen-bond donors (Lipinski definition) is 1. The van der Waals surface area contributed by atoms with Crippen LogP contribution in [0.3, 0.4) is 0 Å². The second-order valence-corrected chi connectivity index (χ2v) is 4.68. The van der Waals surface area contributed by atoms with Crippen LogP contribution in [0.5, 0.6) is 0 Å². The number of nitriles is 1. The summed E-state index contributed by atoms with van der Waals surface area (Å²) in [5.41, 5.74) is 1.10. The van der Waals surface area contributed by atoms with Gasteiger partial charge >= 0.3 is 0 Å². The van der Waals surface area contributed by atoms with Crippen molar-refractivity contribution in [1.29, 1.82) is 5.26 Å². The van der Waals surface area contributed by atoms with E-state index in [1.54, 1.807) is 0 Å². The Morgan fingerprint density at radius 3 is 2.47 bits per heavy atom. The fraction of sp³-hybridized carbons (Fsp3) is 0.562. The predicted octanol–water partition coefficient (Wildman–Crippen LogP) is 2.62. The third kappa shape index (κ3) is 5.87. The molecule has 19 heavy (non-hydrogen) atoms. The van der Waals surface area contributed by atoms with Crippen LogP contribution in [0, 0.1) is 11.3 Å². The molecule has 0 saturated carbocycles. The van der Waals surface area contributed by atoms with Gasteiger partial charge in [-0.25, -0.2) is 0 Å². The van der Waals surface area contributed by atoms with Gasteiger partial charge in [0.1, 0.15) is 0 Å². The summed E-state index contributed by atoms with van der Waals surface area (Å²) < 4.78 is 0. The molecule has 3 heteroatoms. The second kappa shape index (κ2) is 9.55. The van der Waals surface area contributed by atoms with Crippen LogP contribution in [0.25, 0.3) is 0 Å². The van der Waals surface area contributed by atoms with Crippen molar-refractivity contribution in [3.8, 4) is 6.07 Å². The number of hydrogen-bond acceptors (Lipinski definition) is 3. The summed E-state index contributed by atoms with van der Waals surface area (Å²) in [6, 6.07) is 12.4. The topological polar surface area (TPSA) is 39.1 Å². The molecule has 0 heterocycles. The standard InChI is InChI=1S/C16H25N3/c1-3-19(4-2)12-8-11-18-14-16(13-17)15-9-6-5-7-10-15/h5-7,9-10,16,18H,3-4,8,11-12,14H2,1-2H3. The molecule has 1 aromatic carbocycles. The maximum atomic E-state index is 9.20. The molecular formula is C16H25N3. The van der Waals surface area contributed by atoms with Crippen LogP contribution in [-0.4, -0.2) is 37.6 Å². The summed E-state index contributed by atoms with van der Waals surface area (Å²) in [7, 11) is 0. The number of nitrogens with one attached hydrogen (secondary N) is 1. The van der Waals surface area contributed by atoms with Crippen LogP contribution in [-0.2, 0) is 0 Å². The van der Waals surface area contributed by atoms with E-state index in [4.69, 9.17) is 0 Å². The molecule has 1 atom stereocenters. The molecule has 0 spiro atoms. The molecular weight excluding hydrogens is 234 g/mol. The van der Waals surface area contributed by atoms with E-state index in [0.717, 1.165) is 44.7 Å². The lowest BCUT2D eigenvalue weighted by Crippen LogP contribution is -2.28. The maximum absolute atomic E-state index is 9.20.